The minimum absolute atomic E-state index is 0.186. The molecule has 7 heteroatoms. The van der Waals surface area contributed by atoms with Crippen molar-refractivity contribution in [2.24, 2.45) is 0 Å². The molecule has 0 unspecified atom stereocenters. The van der Waals surface area contributed by atoms with Crippen molar-refractivity contribution in [3.05, 3.63) is 58.9 Å². The van der Waals surface area contributed by atoms with E-state index in [1.165, 1.54) is 5.56 Å². The van der Waals surface area contributed by atoms with E-state index in [9.17, 15) is 9.90 Å². The van der Waals surface area contributed by atoms with Crippen LogP contribution in [-0.2, 0) is 6.54 Å². The number of rotatable bonds is 7. The molecule has 1 aromatic carbocycles. The molecule has 1 aromatic heterocycles. The average Bonchev–Trinajstić information content (AvgIpc) is 2.71. The van der Waals surface area contributed by atoms with Crippen molar-refractivity contribution in [3.63, 3.8) is 0 Å². The van der Waals surface area contributed by atoms with Crippen LogP contribution in [0.1, 0.15) is 35.2 Å². The Morgan fingerprint density at radius 1 is 1.29 bits per heavy atom. The highest BCUT2D eigenvalue weighted by Gasteiger charge is 2.32. The van der Waals surface area contributed by atoms with E-state index in [1.54, 1.807) is 25.4 Å². The second kappa shape index (κ2) is 9.37. The Bertz CT molecular complexity index is 790. The molecule has 150 valence electrons. The van der Waals surface area contributed by atoms with Crippen LogP contribution in [0.5, 0.6) is 5.75 Å². The number of nitrogens with one attached hydrogen (secondary N) is 1. The summed E-state index contributed by atoms with van der Waals surface area (Å²) in [5.41, 5.74) is 0.833. The molecule has 1 aliphatic rings. The highest BCUT2D eigenvalue weighted by atomic mass is 35.5. The van der Waals surface area contributed by atoms with Crippen molar-refractivity contribution in [2.75, 3.05) is 26.7 Å². The highest BCUT2D eigenvalue weighted by molar-refractivity contribution is 6.32. The van der Waals surface area contributed by atoms with Gasteiger partial charge in [0.25, 0.3) is 5.91 Å². The van der Waals surface area contributed by atoms with Gasteiger partial charge in [-0.15, -0.1) is 0 Å². The fourth-order valence-corrected chi connectivity index (χ4v) is 3.63. The Hall–Kier alpha value is -2.15. The van der Waals surface area contributed by atoms with Crippen LogP contribution < -0.4 is 10.1 Å². The van der Waals surface area contributed by atoms with Gasteiger partial charge < -0.3 is 15.2 Å². The summed E-state index contributed by atoms with van der Waals surface area (Å²) in [6, 6.07) is 11.4. The molecule has 0 atom stereocenters. The van der Waals surface area contributed by atoms with Crippen LogP contribution in [0.15, 0.2) is 42.6 Å². The normalized spacial score (nSPS) is 16.5. The minimum atomic E-state index is -0.748. The van der Waals surface area contributed by atoms with E-state index in [2.05, 4.69) is 27.3 Å². The molecule has 0 aliphatic carbocycles. The number of ether oxygens (including phenoxy) is 1. The Balaban J connectivity index is 1.43. The lowest BCUT2D eigenvalue weighted by Crippen LogP contribution is -2.45. The number of hydrogen-bond donors (Lipinski definition) is 2. The lowest BCUT2D eigenvalue weighted by atomic mass is 9.88. The molecule has 1 saturated heterocycles. The monoisotopic (exact) mass is 403 g/mol. The standard InChI is InChI=1S/C21H26ClN3O3/c1-28-17-6-4-16(5-7-17)15-25-13-9-21(27,10-14-25)8-12-24-20(26)18-3-2-11-23-19(18)22/h2-7,11,27H,8-10,12-15H2,1H3,(H,24,26). The zero-order chi connectivity index (χ0) is 20.0. The van der Waals surface area contributed by atoms with Gasteiger partial charge in [-0.3, -0.25) is 9.69 Å². The lowest BCUT2D eigenvalue weighted by Gasteiger charge is -2.38. The van der Waals surface area contributed by atoms with Crippen LogP contribution in [0.2, 0.25) is 5.15 Å². The molecule has 2 N–H and O–H groups in total. The molecule has 0 bridgehead atoms. The maximum atomic E-state index is 12.2. The summed E-state index contributed by atoms with van der Waals surface area (Å²) in [6.07, 6.45) is 3.44. The number of likely N-dealkylation sites (tertiary alicyclic amines) is 1. The van der Waals surface area contributed by atoms with Crippen molar-refractivity contribution < 1.29 is 14.6 Å². The SMILES string of the molecule is COc1ccc(CN2CCC(O)(CCNC(=O)c3cccnc3Cl)CC2)cc1. The van der Waals surface area contributed by atoms with Crippen LogP contribution in [0.25, 0.3) is 0 Å². The van der Waals surface area contributed by atoms with Gasteiger partial charge in [-0.2, -0.15) is 0 Å². The van der Waals surface area contributed by atoms with Crippen LogP contribution in [0.4, 0.5) is 0 Å². The Morgan fingerprint density at radius 3 is 2.64 bits per heavy atom. The molecule has 0 saturated carbocycles. The largest absolute Gasteiger partial charge is 0.497 e. The molecular formula is C21H26ClN3O3. The van der Waals surface area contributed by atoms with Crippen molar-refractivity contribution >= 4 is 17.5 Å². The van der Waals surface area contributed by atoms with Gasteiger partial charge in [0, 0.05) is 32.4 Å². The minimum Gasteiger partial charge on any atom is -0.497 e. The van der Waals surface area contributed by atoms with E-state index < -0.39 is 5.60 Å². The van der Waals surface area contributed by atoms with Crippen LogP contribution in [0.3, 0.4) is 0 Å². The summed E-state index contributed by atoms with van der Waals surface area (Å²) in [6.45, 7) is 2.91. The van der Waals surface area contributed by atoms with Crippen LogP contribution >= 0.6 is 11.6 Å². The molecule has 1 fully saturated rings. The maximum absolute atomic E-state index is 12.2. The zero-order valence-electron chi connectivity index (χ0n) is 16.0. The number of nitrogens with zero attached hydrogens (tertiary/aromatic N) is 2. The van der Waals surface area contributed by atoms with E-state index in [4.69, 9.17) is 16.3 Å². The van der Waals surface area contributed by atoms with E-state index in [0.29, 0.717) is 31.4 Å². The number of piperidine rings is 1. The fraction of sp³-hybridized carbons (Fsp3) is 0.429. The summed E-state index contributed by atoms with van der Waals surface area (Å²) < 4.78 is 5.19. The molecule has 1 aliphatic heterocycles. The second-order valence-corrected chi connectivity index (χ2v) is 7.55. The quantitative estimate of drug-likeness (QED) is 0.695. The molecule has 6 nitrogen and oxygen atoms in total. The predicted octanol–water partition coefficient (Wildman–Crippen LogP) is 2.89. The number of benzene rings is 1. The van der Waals surface area contributed by atoms with Gasteiger partial charge >= 0.3 is 0 Å². The first-order valence-corrected chi connectivity index (χ1v) is 9.83. The number of pyridine rings is 1. The number of hydrogen-bond acceptors (Lipinski definition) is 5. The first-order valence-electron chi connectivity index (χ1n) is 9.45. The van der Waals surface area contributed by atoms with Gasteiger partial charge in [0.2, 0.25) is 0 Å². The van der Waals surface area contributed by atoms with Crippen molar-refractivity contribution in [2.45, 2.75) is 31.4 Å². The Morgan fingerprint density at radius 2 is 2.00 bits per heavy atom. The van der Waals surface area contributed by atoms with Gasteiger partial charge in [-0.1, -0.05) is 23.7 Å². The number of halogens is 1. The van der Waals surface area contributed by atoms with E-state index >= 15 is 0 Å². The van der Waals surface area contributed by atoms with E-state index in [1.807, 2.05) is 12.1 Å². The van der Waals surface area contributed by atoms with E-state index in [0.717, 1.165) is 25.4 Å². The summed E-state index contributed by atoms with van der Waals surface area (Å²) in [7, 11) is 1.66. The molecule has 3 rings (SSSR count). The summed E-state index contributed by atoms with van der Waals surface area (Å²) >= 11 is 5.94. The highest BCUT2D eigenvalue weighted by Crippen LogP contribution is 2.26. The van der Waals surface area contributed by atoms with Crippen molar-refractivity contribution in [1.82, 2.24) is 15.2 Å². The fourth-order valence-electron chi connectivity index (χ4n) is 3.43. The third-order valence-electron chi connectivity index (χ3n) is 5.23. The number of amides is 1. The molecule has 28 heavy (non-hydrogen) atoms. The third kappa shape index (κ3) is 5.44. The zero-order valence-corrected chi connectivity index (χ0v) is 16.8. The number of methoxy groups -OCH3 is 1. The van der Waals surface area contributed by atoms with Gasteiger partial charge in [0.15, 0.2) is 0 Å². The number of aliphatic hydroxyl groups is 1. The maximum Gasteiger partial charge on any atom is 0.254 e. The first-order chi connectivity index (χ1) is 13.5. The molecule has 2 aromatic rings. The topological polar surface area (TPSA) is 74.7 Å². The molecular weight excluding hydrogens is 378 g/mol. The van der Waals surface area contributed by atoms with Crippen molar-refractivity contribution in [3.8, 4) is 5.75 Å². The van der Waals surface area contributed by atoms with Gasteiger partial charge in [0.05, 0.1) is 18.3 Å². The van der Waals surface area contributed by atoms with Gasteiger partial charge in [-0.05, 0) is 49.1 Å². The molecule has 0 radical (unpaired) electrons. The Kier molecular flexibility index (Phi) is 6.88. The summed E-state index contributed by atoms with van der Waals surface area (Å²) in [4.78, 5) is 18.4. The molecule has 0 spiro atoms. The van der Waals surface area contributed by atoms with Gasteiger partial charge in [0.1, 0.15) is 10.9 Å². The van der Waals surface area contributed by atoms with Crippen LogP contribution in [0, 0.1) is 0 Å². The van der Waals surface area contributed by atoms with Crippen molar-refractivity contribution in [1.29, 1.82) is 0 Å². The third-order valence-corrected chi connectivity index (χ3v) is 5.53. The smallest absolute Gasteiger partial charge is 0.254 e. The van der Waals surface area contributed by atoms with E-state index in [-0.39, 0.29) is 11.1 Å². The average molecular weight is 404 g/mol. The first kappa shape index (κ1) is 20.6. The van der Waals surface area contributed by atoms with Gasteiger partial charge in [-0.25, -0.2) is 4.98 Å². The summed E-state index contributed by atoms with van der Waals surface area (Å²) in [5.74, 6) is 0.588. The Labute approximate surface area is 170 Å². The number of carbonyl (C=O) groups is 1. The number of carbonyl (C=O) groups excluding carboxylic acids is 1. The van der Waals surface area contributed by atoms with Crippen LogP contribution in [-0.4, -0.2) is 53.2 Å². The second-order valence-electron chi connectivity index (χ2n) is 7.20. The molecule has 1 amide bonds. The predicted molar refractivity (Wildman–Crippen MR) is 109 cm³/mol. The lowest BCUT2D eigenvalue weighted by molar-refractivity contribution is -0.0284. The molecule has 2 heterocycles. The summed E-state index contributed by atoms with van der Waals surface area (Å²) in [5, 5.41) is 13.8. The number of aromatic nitrogens is 1.